The van der Waals surface area contributed by atoms with Crippen LogP contribution in [0, 0.1) is 18.7 Å². The second-order valence-corrected chi connectivity index (χ2v) is 4.22. The molecule has 15 heavy (non-hydrogen) atoms. The van der Waals surface area contributed by atoms with Crippen LogP contribution in [0.4, 0.5) is 4.39 Å². The summed E-state index contributed by atoms with van der Waals surface area (Å²) < 4.78 is 13.0. The molecule has 0 aromatic heterocycles. The Hall–Kier alpha value is -0.890. The van der Waals surface area contributed by atoms with E-state index in [0.717, 1.165) is 18.4 Å². The SMILES string of the molecule is CCCC(C)C(O)c1ccc(F)c(C)c1. The summed E-state index contributed by atoms with van der Waals surface area (Å²) in [7, 11) is 0. The summed E-state index contributed by atoms with van der Waals surface area (Å²) in [6.45, 7) is 5.84. The van der Waals surface area contributed by atoms with Crippen LogP contribution >= 0.6 is 0 Å². The highest BCUT2D eigenvalue weighted by atomic mass is 19.1. The van der Waals surface area contributed by atoms with Crippen molar-refractivity contribution in [1.82, 2.24) is 0 Å². The third kappa shape index (κ3) is 3.03. The Balaban J connectivity index is 2.81. The molecule has 0 aliphatic heterocycles. The maximum atomic E-state index is 13.0. The molecule has 1 nitrogen and oxygen atoms in total. The van der Waals surface area contributed by atoms with Crippen LogP contribution in [0.5, 0.6) is 0 Å². The van der Waals surface area contributed by atoms with Crippen LogP contribution in [0.2, 0.25) is 0 Å². The minimum Gasteiger partial charge on any atom is -0.388 e. The summed E-state index contributed by atoms with van der Waals surface area (Å²) in [5, 5.41) is 10.0. The quantitative estimate of drug-likeness (QED) is 0.805. The highest BCUT2D eigenvalue weighted by Gasteiger charge is 2.16. The lowest BCUT2D eigenvalue weighted by atomic mass is 9.93. The Morgan fingerprint density at radius 3 is 2.60 bits per heavy atom. The van der Waals surface area contributed by atoms with Crippen molar-refractivity contribution in [3.05, 3.63) is 35.1 Å². The van der Waals surface area contributed by atoms with Crippen molar-refractivity contribution >= 4 is 0 Å². The van der Waals surface area contributed by atoms with Crippen LogP contribution in [0.1, 0.15) is 43.9 Å². The Morgan fingerprint density at radius 1 is 1.40 bits per heavy atom. The van der Waals surface area contributed by atoms with Gasteiger partial charge >= 0.3 is 0 Å². The Morgan fingerprint density at radius 2 is 2.07 bits per heavy atom. The fourth-order valence-electron chi connectivity index (χ4n) is 1.79. The zero-order valence-corrected chi connectivity index (χ0v) is 9.63. The lowest BCUT2D eigenvalue weighted by Gasteiger charge is -2.19. The molecule has 0 saturated heterocycles. The first-order valence-electron chi connectivity index (χ1n) is 5.50. The van der Waals surface area contributed by atoms with Crippen LogP contribution < -0.4 is 0 Å². The van der Waals surface area contributed by atoms with Crippen molar-refractivity contribution < 1.29 is 9.50 Å². The first kappa shape index (κ1) is 12.2. The number of hydrogen-bond acceptors (Lipinski definition) is 1. The lowest BCUT2D eigenvalue weighted by Crippen LogP contribution is -2.09. The van der Waals surface area contributed by atoms with Gasteiger partial charge in [-0.1, -0.05) is 32.4 Å². The van der Waals surface area contributed by atoms with Crippen molar-refractivity contribution in [2.45, 2.75) is 39.7 Å². The van der Waals surface area contributed by atoms with E-state index in [1.165, 1.54) is 6.07 Å². The van der Waals surface area contributed by atoms with Crippen LogP contribution in [0.25, 0.3) is 0 Å². The number of aryl methyl sites for hydroxylation is 1. The normalized spacial score (nSPS) is 15.0. The minimum absolute atomic E-state index is 0.214. The highest BCUT2D eigenvalue weighted by Crippen LogP contribution is 2.26. The van der Waals surface area contributed by atoms with Gasteiger partial charge in [-0.3, -0.25) is 0 Å². The summed E-state index contributed by atoms with van der Waals surface area (Å²) in [5.41, 5.74) is 1.41. The van der Waals surface area contributed by atoms with Gasteiger partial charge in [-0.05, 0) is 36.5 Å². The largest absolute Gasteiger partial charge is 0.388 e. The number of aliphatic hydroxyl groups excluding tert-OH is 1. The summed E-state index contributed by atoms with van der Waals surface area (Å²) in [5.74, 6) is 0.00829. The molecule has 0 aliphatic carbocycles. The Bertz CT molecular complexity index is 322. The van der Waals surface area contributed by atoms with Crippen LogP contribution in [-0.4, -0.2) is 5.11 Å². The van der Waals surface area contributed by atoms with E-state index in [9.17, 15) is 9.50 Å². The van der Waals surface area contributed by atoms with Gasteiger partial charge in [0.25, 0.3) is 0 Å². The highest BCUT2D eigenvalue weighted by molar-refractivity contribution is 5.25. The van der Waals surface area contributed by atoms with E-state index >= 15 is 0 Å². The third-order valence-electron chi connectivity index (χ3n) is 2.81. The maximum Gasteiger partial charge on any atom is 0.126 e. The number of benzene rings is 1. The summed E-state index contributed by atoms with van der Waals surface area (Å²) >= 11 is 0. The average Bonchev–Trinajstić information content (AvgIpc) is 2.21. The van der Waals surface area contributed by atoms with Gasteiger partial charge in [0.05, 0.1) is 6.10 Å². The van der Waals surface area contributed by atoms with Crippen molar-refractivity contribution in [2.75, 3.05) is 0 Å². The molecule has 2 atom stereocenters. The first-order valence-corrected chi connectivity index (χ1v) is 5.50. The number of rotatable bonds is 4. The molecule has 0 aliphatic rings. The van der Waals surface area contributed by atoms with E-state index in [1.807, 2.05) is 6.92 Å². The Labute approximate surface area is 90.9 Å². The van der Waals surface area contributed by atoms with Crippen LogP contribution in [-0.2, 0) is 0 Å². The molecule has 0 heterocycles. The molecule has 0 radical (unpaired) electrons. The van der Waals surface area contributed by atoms with E-state index < -0.39 is 6.10 Å². The molecule has 2 unspecified atom stereocenters. The van der Waals surface area contributed by atoms with Gasteiger partial charge in [0.2, 0.25) is 0 Å². The van der Waals surface area contributed by atoms with Crippen molar-refractivity contribution in [2.24, 2.45) is 5.92 Å². The number of aliphatic hydroxyl groups is 1. The average molecular weight is 210 g/mol. The zero-order valence-electron chi connectivity index (χ0n) is 9.63. The van der Waals surface area contributed by atoms with E-state index in [1.54, 1.807) is 19.1 Å². The monoisotopic (exact) mass is 210 g/mol. The predicted octanol–water partition coefficient (Wildman–Crippen LogP) is 3.60. The molecule has 1 aromatic rings. The Kier molecular flexibility index (Phi) is 4.28. The van der Waals surface area contributed by atoms with Gasteiger partial charge in [-0.25, -0.2) is 4.39 Å². The molecule has 1 aromatic carbocycles. The summed E-state index contributed by atoms with van der Waals surface area (Å²) in [6.07, 6.45) is 1.56. The second kappa shape index (κ2) is 5.26. The number of halogens is 1. The standard InChI is InChI=1S/C13H19FO/c1-4-5-9(2)13(15)11-6-7-12(14)10(3)8-11/h6-9,13,15H,4-5H2,1-3H3. The van der Waals surface area contributed by atoms with E-state index in [4.69, 9.17) is 0 Å². The topological polar surface area (TPSA) is 20.2 Å². The van der Waals surface area contributed by atoms with Gasteiger partial charge in [0.15, 0.2) is 0 Å². The number of hydrogen-bond donors (Lipinski definition) is 1. The van der Waals surface area contributed by atoms with Crippen molar-refractivity contribution in [3.63, 3.8) is 0 Å². The van der Waals surface area contributed by atoms with Gasteiger partial charge in [0, 0.05) is 0 Å². The molecule has 0 saturated carbocycles. The lowest BCUT2D eigenvalue weighted by molar-refractivity contribution is 0.112. The van der Waals surface area contributed by atoms with Crippen LogP contribution in [0.15, 0.2) is 18.2 Å². The molecular formula is C13H19FO. The van der Waals surface area contributed by atoms with Gasteiger partial charge in [0.1, 0.15) is 5.82 Å². The van der Waals surface area contributed by atoms with Gasteiger partial charge < -0.3 is 5.11 Å². The maximum absolute atomic E-state index is 13.0. The zero-order chi connectivity index (χ0) is 11.4. The molecule has 1 rings (SSSR count). The second-order valence-electron chi connectivity index (χ2n) is 4.22. The first-order chi connectivity index (χ1) is 7.06. The van der Waals surface area contributed by atoms with Crippen LogP contribution in [0.3, 0.4) is 0 Å². The molecule has 2 heteroatoms. The van der Waals surface area contributed by atoms with Gasteiger partial charge in [-0.15, -0.1) is 0 Å². The summed E-state index contributed by atoms with van der Waals surface area (Å²) in [4.78, 5) is 0. The van der Waals surface area contributed by atoms with E-state index in [-0.39, 0.29) is 11.7 Å². The molecule has 0 bridgehead atoms. The molecule has 0 spiro atoms. The molecule has 0 amide bonds. The van der Waals surface area contributed by atoms with Crippen molar-refractivity contribution in [3.8, 4) is 0 Å². The van der Waals surface area contributed by atoms with Crippen molar-refractivity contribution in [1.29, 1.82) is 0 Å². The third-order valence-corrected chi connectivity index (χ3v) is 2.81. The molecule has 1 N–H and O–H groups in total. The van der Waals surface area contributed by atoms with Gasteiger partial charge in [-0.2, -0.15) is 0 Å². The smallest absolute Gasteiger partial charge is 0.126 e. The molecule has 84 valence electrons. The molecular weight excluding hydrogens is 191 g/mol. The predicted molar refractivity (Wildman–Crippen MR) is 60.2 cm³/mol. The minimum atomic E-state index is -0.482. The van der Waals surface area contributed by atoms with E-state index in [0.29, 0.717) is 5.56 Å². The fourth-order valence-corrected chi connectivity index (χ4v) is 1.79. The summed E-state index contributed by atoms with van der Waals surface area (Å²) in [6, 6.07) is 4.82. The molecule has 0 fully saturated rings. The van der Waals surface area contributed by atoms with E-state index in [2.05, 4.69) is 6.92 Å². The fraction of sp³-hybridized carbons (Fsp3) is 0.538.